The Kier molecular flexibility index (Phi) is 22.5. The van der Waals surface area contributed by atoms with Gasteiger partial charge < -0.3 is 0 Å². The van der Waals surface area contributed by atoms with E-state index in [-0.39, 0.29) is 0 Å². The molecule has 3 rings (SSSR count). The number of rotatable bonds is 5. The van der Waals surface area contributed by atoms with E-state index in [1.54, 1.807) is 12.4 Å². The van der Waals surface area contributed by atoms with E-state index in [1.165, 1.54) is 36.8 Å². The van der Waals surface area contributed by atoms with Crippen LogP contribution in [0.3, 0.4) is 0 Å². The number of hydrogen-bond acceptors (Lipinski definition) is 3. The Bertz CT molecular complexity index is 907. The van der Waals surface area contributed by atoms with Crippen molar-refractivity contribution in [2.45, 2.75) is 102 Å². The maximum Gasteiger partial charge on any atom is 0.101 e. The smallest absolute Gasteiger partial charge is 0.101 e. The van der Waals surface area contributed by atoms with Gasteiger partial charge in [-0.25, -0.2) is 0 Å². The highest BCUT2D eigenvalue weighted by Crippen LogP contribution is 2.31. The molecule has 0 N–H and O–H groups in total. The molecule has 2 aromatic heterocycles. The van der Waals surface area contributed by atoms with Gasteiger partial charge in [-0.1, -0.05) is 105 Å². The first kappa shape index (κ1) is 34.4. The summed E-state index contributed by atoms with van der Waals surface area (Å²) in [6, 6.07) is 12.5. The van der Waals surface area contributed by atoms with Crippen LogP contribution in [0.2, 0.25) is 0 Å². The SMILES string of the molecule is C/C=C\c1ccc(-c2nnc(C)cc2-c2ccncc2)cc1C.CC.CC.CCCC.CCCC. The van der Waals surface area contributed by atoms with Crippen molar-refractivity contribution in [2.75, 3.05) is 0 Å². The standard InChI is InChI=1S/C20H19N3.2C4H10.2C2H6/c1-4-5-16-6-7-18(12-14(16)2)20-19(13-15(3)22-23-20)17-8-10-21-11-9-17;2*1-3-4-2;2*1-2/h4-13H,1-3H3;2*3-4H2,1-2H3;2*1-2H3/b5-4-;;;;. The third-order valence-corrected chi connectivity index (χ3v) is 4.80. The Labute approximate surface area is 217 Å². The molecule has 2 heterocycles. The van der Waals surface area contributed by atoms with Crippen LogP contribution in [0, 0.1) is 13.8 Å². The molecule has 0 aliphatic heterocycles. The lowest BCUT2D eigenvalue weighted by Gasteiger charge is -2.11. The number of pyridine rings is 1. The average molecular weight is 478 g/mol. The summed E-state index contributed by atoms with van der Waals surface area (Å²) in [6.07, 6.45) is 13.0. The summed E-state index contributed by atoms with van der Waals surface area (Å²) in [6.45, 7) is 22.8. The highest BCUT2D eigenvalue weighted by Gasteiger charge is 2.11. The molecule has 0 bridgehead atoms. The van der Waals surface area contributed by atoms with E-state index in [1.807, 2.05) is 53.7 Å². The predicted molar refractivity (Wildman–Crippen MR) is 159 cm³/mol. The van der Waals surface area contributed by atoms with Gasteiger partial charge in [0.05, 0.1) is 5.69 Å². The Hall–Kier alpha value is -2.81. The van der Waals surface area contributed by atoms with Crippen molar-refractivity contribution >= 4 is 6.08 Å². The second kappa shape index (κ2) is 23.0. The molecule has 0 fully saturated rings. The molecule has 0 radical (unpaired) electrons. The zero-order valence-electron chi connectivity index (χ0n) is 24.4. The molecule has 3 heteroatoms. The average Bonchev–Trinajstić information content (AvgIpc) is 2.93. The largest absolute Gasteiger partial charge is 0.265 e. The monoisotopic (exact) mass is 477 g/mol. The highest BCUT2D eigenvalue weighted by atomic mass is 15.1. The van der Waals surface area contributed by atoms with Gasteiger partial charge in [-0.2, -0.15) is 5.10 Å². The van der Waals surface area contributed by atoms with Gasteiger partial charge in [0.1, 0.15) is 5.69 Å². The third-order valence-electron chi connectivity index (χ3n) is 4.80. The van der Waals surface area contributed by atoms with Crippen molar-refractivity contribution in [1.82, 2.24) is 15.2 Å². The van der Waals surface area contributed by atoms with E-state index >= 15 is 0 Å². The van der Waals surface area contributed by atoms with Crippen LogP contribution in [0.15, 0.2) is 54.9 Å². The van der Waals surface area contributed by atoms with Crippen LogP contribution in [0.1, 0.15) is 105 Å². The van der Waals surface area contributed by atoms with Crippen LogP contribution < -0.4 is 0 Å². The van der Waals surface area contributed by atoms with Crippen LogP contribution >= 0.6 is 0 Å². The van der Waals surface area contributed by atoms with E-state index in [2.05, 4.69) is 86.2 Å². The number of aryl methyl sites for hydroxylation is 2. The molecule has 35 heavy (non-hydrogen) atoms. The second-order valence-corrected chi connectivity index (χ2v) is 7.56. The van der Waals surface area contributed by atoms with Gasteiger partial charge in [-0.15, -0.1) is 5.10 Å². The van der Waals surface area contributed by atoms with Gasteiger partial charge >= 0.3 is 0 Å². The summed E-state index contributed by atoms with van der Waals surface area (Å²) in [5.74, 6) is 0. The van der Waals surface area contributed by atoms with Crippen LogP contribution in [0.25, 0.3) is 28.5 Å². The van der Waals surface area contributed by atoms with E-state index in [0.29, 0.717) is 0 Å². The van der Waals surface area contributed by atoms with Crippen LogP contribution in [-0.2, 0) is 0 Å². The molecule has 3 nitrogen and oxygen atoms in total. The molecule has 3 aromatic rings. The Morgan fingerprint density at radius 1 is 0.686 bits per heavy atom. The quantitative estimate of drug-likeness (QED) is 0.367. The highest BCUT2D eigenvalue weighted by molar-refractivity contribution is 5.81. The zero-order chi connectivity index (χ0) is 27.1. The first-order valence-corrected chi connectivity index (χ1v) is 13.5. The number of benzene rings is 1. The molecule has 0 atom stereocenters. The fourth-order valence-corrected chi connectivity index (χ4v) is 2.64. The third kappa shape index (κ3) is 13.6. The summed E-state index contributed by atoms with van der Waals surface area (Å²) >= 11 is 0. The van der Waals surface area contributed by atoms with Crippen molar-refractivity contribution in [3.63, 3.8) is 0 Å². The van der Waals surface area contributed by atoms with Crippen molar-refractivity contribution in [1.29, 1.82) is 0 Å². The summed E-state index contributed by atoms with van der Waals surface area (Å²) in [7, 11) is 0. The zero-order valence-corrected chi connectivity index (χ0v) is 24.4. The summed E-state index contributed by atoms with van der Waals surface area (Å²) in [5.41, 5.74) is 7.52. The topological polar surface area (TPSA) is 38.7 Å². The molecular formula is C32H51N3. The van der Waals surface area contributed by atoms with Gasteiger partial charge in [0, 0.05) is 23.5 Å². The summed E-state index contributed by atoms with van der Waals surface area (Å²) in [5, 5.41) is 8.70. The number of aromatic nitrogens is 3. The van der Waals surface area contributed by atoms with Crippen molar-refractivity contribution in [3.05, 3.63) is 71.7 Å². The van der Waals surface area contributed by atoms with Gasteiger partial charge in [-0.3, -0.25) is 4.98 Å². The molecule has 0 aliphatic rings. The Balaban J connectivity index is 0. The number of unbranched alkanes of at least 4 members (excludes halogenated alkanes) is 2. The van der Waals surface area contributed by atoms with E-state index in [0.717, 1.165) is 28.1 Å². The molecular weight excluding hydrogens is 426 g/mol. The maximum atomic E-state index is 4.45. The van der Waals surface area contributed by atoms with Gasteiger partial charge in [0.15, 0.2) is 0 Å². The molecule has 1 aromatic carbocycles. The van der Waals surface area contributed by atoms with Gasteiger partial charge in [-0.05, 0) is 61.7 Å². The van der Waals surface area contributed by atoms with Gasteiger partial charge in [0.25, 0.3) is 0 Å². The number of nitrogens with zero attached hydrogens (tertiary/aromatic N) is 3. The minimum absolute atomic E-state index is 0.900. The predicted octanol–water partition coefficient (Wildman–Crippen LogP) is 10.5. The minimum Gasteiger partial charge on any atom is -0.265 e. The first-order chi connectivity index (χ1) is 17.0. The Morgan fingerprint density at radius 3 is 1.69 bits per heavy atom. The van der Waals surface area contributed by atoms with Crippen LogP contribution in [0.5, 0.6) is 0 Å². The van der Waals surface area contributed by atoms with E-state index < -0.39 is 0 Å². The normalized spacial score (nSPS) is 9.34. The molecule has 194 valence electrons. The van der Waals surface area contributed by atoms with E-state index in [4.69, 9.17) is 0 Å². The van der Waals surface area contributed by atoms with Crippen molar-refractivity contribution in [3.8, 4) is 22.4 Å². The first-order valence-electron chi connectivity index (χ1n) is 13.5. The van der Waals surface area contributed by atoms with Crippen LogP contribution in [-0.4, -0.2) is 15.2 Å². The lowest BCUT2D eigenvalue weighted by molar-refractivity contribution is 0.886. The van der Waals surface area contributed by atoms with Crippen molar-refractivity contribution in [2.24, 2.45) is 0 Å². The Morgan fingerprint density at radius 2 is 1.23 bits per heavy atom. The molecule has 0 spiro atoms. The maximum absolute atomic E-state index is 4.45. The lowest BCUT2D eigenvalue weighted by atomic mass is 9.97. The number of allylic oxidation sites excluding steroid dienone is 1. The second-order valence-electron chi connectivity index (χ2n) is 7.56. The van der Waals surface area contributed by atoms with E-state index in [9.17, 15) is 0 Å². The summed E-state index contributed by atoms with van der Waals surface area (Å²) in [4.78, 5) is 4.10. The van der Waals surface area contributed by atoms with Crippen molar-refractivity contribution < 1.29 is 0 Å². The molecule has 0 saturated heterocycles. The lowest BCUT2D eigenvalue weighted by Crippen LogP contribution is -1.96. The molecule has 0 amide bonds. The number of hydrogen-bond donors (Lipinski definition) is 0. The molecule has 0 unspecified atom stereocenters. The van der Waals surface area contributed by atoms with Crippen LogP contribution in [0.4, 0.5) is 0 Å². The fraction of sp³-hybridized carbons (Fsp3) is 0.469. The molecule has 0 saturated carbocycles. The fourth-order valence-electron chi connectivity index (χ4n) is 2.64. The molecule has 0 aliphatic carbocycles. The minimum atomic E-state index is 0.900. The van der Waals surface area contributed by atoms with Gasteiger partial charge in [0.2, 0.25) is 0 Å². The summed E-state index contributed by atoms with van der Waals surface area (Å²) < 4.78 is 0.